The summed E-state index contributed by atoms with van der Waals surface area (Å²) < 4.78 is 5.79. The molecule has 0 amide bonds. The molecule has 1 aromatic carbocycles. The average molecular weight is 277 g/mol. The fourth-order valence-electron chi connectivity index (χ4n) is 3.13. The summed E-state index contributed by atoms with van der Waals surface area (Å²) in [5.74, 6) is 0. The molecule has 3 rings (SSSR count). The average Bonchev–Trinajstić information content (AvgIpc) is 2.81. The van der Waals surface area contributed by atoms with E-state index in [1.807, 2.05) is 0 Å². The molecule has 19 heavy (non-hydrogen) atoms. The number of hydrogen-bond donors (Lipinski definition) is 0. The molecule has 2 aliphatic rings. The van der Waals surface area contributed by atoms with Crippen LogP contribution in [0.3, 0.4) is 0 Å². The van der Waals surface area contributed by atoms with Crippen molar-refractivity contribution in [2.45, 2.75) is 49.0 Å². The van der Waals surface area contributed by atoms with Crippen LogP contribution in [0.25, 0.3) is 0 Å². The minimum absolute atomic E-state index is 0.386. The number of rotatable bonds is 3. The fraction of sp³-hybridized carbons (Fsp3) is 0.625. The van der Waals surface area contributed by atoms with Gasteiger partial charge in [-0.15, -0.1) is 11.8 Å². The number of thioether (sulfide) groups is 1. The Labute approximate surface area is 120 Å². The first kappa shape index (κ1) is 13.5. The Morgan fingerprint density at radius 1 is 1.37 bits per heavy atom. The third-order valence-corrected chi connectivity index (χ3v) is 5.51. The van der Waals surface area contributed by atoms with Crippen molar-refractivity contribution in [3.63, 3.8) is 0 Å². The lowest BCUT2D eigenvalue weighted by atomic mass is 10.1. The van der Waals surface area contributed by atoms with E-state index in [1.165, 1.54) is 29.8 Å². The van der Waals surface area contributed by atoms with E-state index in [0.29, 0.717) is 12.1 Å². The molecular weight excluding hydrogens is 254 g/mol. The van der Waals surface area contributed by atoms with Crippen LogP contribution in [-0.2, 0) is 11.2 Å². The predicted molar refractivity (Wildman–Crippen MR) is 80.9 cm³/mol. The third kappa shape index (κ3) is 2.99. The van der Waals surface area contributed by atoms with Gasteiger partial charge in [0.15, 0.2) is 0 Å². The van der Waals surface area contributed by atoms with Gasteiger partial charge in [-0.25, -0.2) is 0 Å². The summed E-state index contributed by atoms with van der Waals surface area (Å²) in [5.41, 5.74) is 1.53. The molecule has 104 valence electrons. The van der Waals surface area contributed by atoms with Crippen LogP contribution in [-0.4, -0.2) is 42.0 Å². The molecule has 1 fully saturated rings. The number of ether oxygens (including phenoxy) is 1. The highest BCUT2D eigenvalue weighted by atomic mass is 32.2. The van der Waals surface area contributed by atoms with Gasteiger partial charge in [0, 0.05) is 29.3 Å². The van der Waals surface area contributed by atoms with E-state index in [-0.39, 0.29) is 0 Å². The minimum Gasteiger partial charge on any atom is -0.376 e. The van der Waals surface area contributed by atoms with Gasteiger partial charge >= 0.3 is 0 Å². The molecule has 2 heterocycles. The maximum absolute atomic E-state index is 5.79. The van der Waals surface area contributed by atoms with Crippen molar-refractivity contribution in [3.05, 3.63) is 29.8 Å². The van der Waals surface area contributed by atoms with Crippen LogP contribution >= 0.6 is 11.8 Å². The molecule has 0 bridgehead atoms. The highest BCUT2D eigenvalue weighted by Crippen LogP contribution is 2.37. The molecule has 2 aliphatic heterocycles. The van der Waals surface area contributed by atoms with Crippen LogP contribution in [0.1, 0.15) is 25.8 Å². The summed E-state index contributed by atoms with van der Waals surface area (Å²) in [6.45, 7) is 7.66. The quantitative estimate of drug-likeness (QED) is 0.842. The Morgan fingerprint density at radius 3 is 3.00 bits per heavy atom. The molecule has 0 saturated carbocycles. The van der Waals surface area contributed by atoms with Gasteiger partial charge in [0.2, 0.25) is 0 Å². The molecular formula is C16H23NOS. The molecule has 0 aromatic heterocycles. The van der Waals surface area contributed by atoms with Crippen molar-refractivity contribution in [1.29, 1.82) is 0 Å². The lowest BCUT2D eigenvalue weighted by Gasteiger charge is -2.39. The third-order valence-electron chi connectivity index (χ3n) is 4.20. The van der Waals surface area contributed by atoms with Gasteiger partial charge in [-0.2, -0.15) is 0 Å². The molecule has 0 spiro atoms. The lowest BCUT2D eigenvalue weighted by Crippen LogP contribution is -2.50. The van der Waals surface area contributed by atoms with Crippen molar-refractivity contribution in [2.24, 2.45) is 0 Å². The van der Waals surface area contributed by atoms with Crippen molar-refractivity contribution in [2.75, 3.05) is 19.7 Å². The Balaban J connectivity index is 1.63. The monoisotopic (exact) mass is 277 g/mol. The molecule has 0 aliphatic carbocycles. The summed E-state index contributed by atoms with van der Waals surface area (Å²) in [6, 6.07) is 9.47. The second kappa shape index (κ2) is 5.86. The maximum Gasteiger partial charge on any atom is 0.0674 e. The first-order valence-corrected chi connectivity index (χ1v) is 8.24. The first-order chi connectivity index (χ1) is 9.26. The van der Waals surface area contributed by atoms with Crippen LogP contribution in [0.2, 0.25) is 0 Å². The molecule has 3 heteroatoms. The first-order valence-electron chi connectivity index (χ1n) is 7.36. The molecule has 3 atom stereocenters. The fourth-order valence-corrected chi connectivity index (χ4v) is 4.48. The number of fused-ring (bicyclic) bond motifs is 1. The standard InChI is InChI=1S/C16H23NOS/c1-3-14-11-18-12(2)9-17(14)10-15-8-13-6-4-5-7-16(13)19-15/h4-7,12,14-15H,3,8-11H2,1-2H3. The summed E-state index contributed by atoms with van der Waals surface area (Å²) in [5, 5.41) is 0.719. The summed E-state index contributed by atoms with van der Waals surface area (Å²) >= 11 is 2.06. The normalized spacial score (nSPS) is 31.4. The largest absolute Gasteiger partial charge is 0.376 e. The molecule has 2 nitrogen and oxygen atoms in total. The second-order valence-electron chi connectivity index (χ2n) is 5.71. The second-order valence-corrected chi connectivity index (χ2v) is 7.05. The van der Waals surface area contributed by atoms with Crippen LogP contribution in [0.5, 0.6) is 0 Å². The van der Waals surface area contributed by atoms with Crippen LogP contribution < -0.4 is 0 Å². The smallest absolute Gasteiger partial charge is 0.0674 e. The maximum atomic E-state index is 5.79. The minimum atomic E-state index is 0.386. The zero-order valence-corrected chi connectivity index (χ0v) is 12.7. The highest BCUT2D eigenvalue weighted by Gasteiger charge is 2.30. The van der Waals surface area contributed by atoms with E-state index in [1.54, 1.807) is 0 Å². The van der Waals surface area contributed by atoms with Crippen molar-refractivity contribution < 1.29 is 4.74 Å². The number of nitrogens with zero attached hydrogens (tertiary/aromatic N) is 1. The summed E-state index contributed by atoms with van der Waals surface area (Å²) in [6.07, 6.45) is 2.80. The predicted octanol–water partition coefficient (Wildman–Crippen LogP) is 3.20. The zero-order chi connectivity index (χ0) is 13.2. The van der Waals surface area contributed by atoms with Gasteiger partial charge in [0.05, 0.1) is 12.7 Å². The SMILES string of the molecule is CCC1COC(C)CN1CC1Cc2ccccc2S1. The number of benzene rings is 1. The Hall–Kier alpha value is -0.510. The number of morpholine rings is 1. The van der Waals surface area contributed by atoms with E-state index in [4.69, 9.17) is 4.74 Å². The molecule has 1 saturated heterocycles. The van der Waals surface area contributed by atoms with E-state index in [2.05, 4.69) is 54.8 Å². The topological polar surface area (TPSA) is 12.5 Å². The van der Waals surface area contributed by atoms with Gasteiger partial charge in [0.1, 0.15) is 0 Å². The van der Waals surface area contributed by atoms with E-state index in [9.17, 15) is 0 Å². The van der Waals surface area contributed by atoms with E-state index >= 15 is 0 Å². The van der Waals surface area contributed by atoms with Crippen LogP contribution in [0.15, 0.2) is 29.2 Å². The van der Waals surface area contributed by atoms with Crippen LogP contribution in [0.4, 0.5) is 0 Å². The van der Waals surface area contributed by atoms with Gasteiger partial charge in [0.25, 0.3) is 0 Å². The lowest BCUT2D eigenvalue weighted by molar-refractivity contribution is -0.0553. The highest BCUT2D eigenvalue weighted by molar-refractivity contribution is 8.00. The molecule has 3 unspecified atom stereocenters. The van der Waals surface area contributed by atoms with E-state index in [0.717, 1.165) is 18.4 Å². The van der Waals surface area contributed by atoms with Crippen molar-refractivity contribution in [3.8, 4) is 0 Å². The van der Waals surface area contributed by atoms with Gasteiger partial charge in [-0.1, -0.05) is 25.1 Å². The van der Waals surface area contributed by atoms with Gasteiger partial charge in [-0.3, -0.25) is 4.90 Å². The molecule has 0 radical (unpaired) electrons. The Kier molecular flexibility index (Phi) is 4.15. The van der Waals surface area contributed by atoms with Gasteiger partial charge < -0.3 is 4.74 Å². The summed E-state index contributed by atoms with van der Waals surface area (Å²) in [4.78, 5) is 4.14. The van der Waals surface area contributed by atoms with Gasteiger partial charge in [-0.05, 0) is 31.4 Å². The Morgan fingerprint density at radius 2 is 2.21 bits per heavy atom. The summed E-state index contributed by atoms with van der Waals surface area (Å²) in [7, 11) is 0. The molecule has 0 N–H and O–H groups in total. The molecule has 1 aromatic rings. The van der Waals surface area contributed by atoms with Crippen molar-refractivity contribution in [1.82, 2.24) is 4.90 Å². The van der Waals surface area contributed by atoms with Crippen LogP contribution in [0, 0.1) is 0 Å². The zero-order valence-electron chi connectivity index (χ0n) is 11.8. The van der Waals surface area contributed by atoms with E-state index < -0.39 is 0 Å². The number of hydrogen-bond acceptors (Lipinski definition) is 3. The Bertz CT molecular complexity index is 412. The van der Waals surface area contributed by atoms with Crippen molar-refractivity contribution >= 4 is 11.8 Å².